The number of hydrogen-bond acceptors (Lipinski definition) is 6. The fourth-order valence-corrected chi connectivity index (χ4v) is 5.42. The van der Waals surface area contributed by atoms with Crippen LogP contribution in [0.25, 0.3) is 0 Å². The predicted molar refractivity (Wildman–Crippen MR) is 159 cm³/mol. The minimum Gasteiger partial charge on any atom is -0.414 e. The SMILES string of the molecule is CC(C)(C)[Si](C)(C)OC[C@H]1O[C@H](O)[C@@H](OCc2ccccc2)[C@@H](OCc2ccccc2)[C@@H]1OCc1ccccc1. The van der Waals surface area contributed by atoms with Crippen molar-refractivity contribution in [2.24, 2.45) is 0 Å². The van der Waals surface area contributed by atoms with Gasteiger partial charge in [-0.05, 0) is 34.8 Å². The summed E-state index contributed by atoms with van der Waals surface area (Å²) in [7, 11) is -2.09. The van der Waals surface area contributed by atoms with Crippen LogP contribution in [-0.2, 0) is 43.2 Å². The molecule has 1 fully saturated rings. The van der Waals surface area contributed by atoms with Crippen LogP contribution >= 0.6 is 0 Å². The molecule has 0 radical (unpaired) electrons. The lowest BCUT2D eigenvalue weighted by Gasteiger charge is -2.46. The Kier molecular flexibility index (Phi) is 10.7. The molecule has 0 saturated carbocycles. The van der Waals surface area contributed by atoms with Crippen LogP contribution in [0.3, 0.4) is 0 Å². The summed E-state index contributed by atoms with van der Waals surface area (Å²) < 4.78 is 32.2. The van der Waals surface area contributed by atoms with Gasteiger partial charge in [-0.1, -0.05) is 112 Å². The Morgan fingerprint density at radius 3 is 1.48 bits per heavy atom. The summed E-state index contributed by atoms with van der Waals surface area (Å²) in [5, 5.41) is 11.3. The zero-order valence-electron chi connectivity index (χ0n) is 24.4. The minimum atomic E-state index is -2.09. The van der Waals surface area contributed by atoms with Gasteiger partial charge >= 0.3 is 0 Å². The molecule has 6 nitrogen and oxygen atoms in total. The molecule has 1 saturated heterocycles. The molecule has 1 aliphatic rings. The van der Waals surface area contributed by atoms with Crippen molar-refractivity contribution in [3.05, 3.63) is 108 Å². The first-order chi connectivity index (χ1) is 19.1. The first kappa shape index (κ1) is 30.6. The second-order valence-corrected chi connectivity index (χ2v) is 16.7. The quantitative estimate of drug-likeness (QED) is 0.254. The lowest BCUT2D eigenvalue weighted by Crippen LogP contribution is -2.61. The lowest BCUT2D eigenvalue weighted by atomic mass is 9.98. The molecule has 0 aromatic heterocycles. The van der Waals surface area contributed by atoms with E-state index in [1.54, 1.807) is 0 Å². The smallest absolute Gasteiger partial charge is 0.192 e. The number of ether oxygens (including phenoxy) is 4. The van der Waals surface area contributed by atoms with E-state index >= 15 is 0 Å². The average molecular weight is 565 g/mol. The summed E-state index contributed by atoms with van der Waals surface area (Å²) in [5.41, 5.74) is 3.07. The van der Waals surface area contributed by atoms with E-state index in [-0.39, 0.29) is 5.04 Å². The van der Waals surface area contributed by atoms with Gasteiger partial charge in [-0.15, -0.1) is 0 Å². The van der Waals surface area contributed by atoms with Crippen molar-refractivity contribution in [3.63, 3.8) is 0 Å². The van der Waals surface area contributed by atoms with E-state index in [4.69, 9.17) is 23.4 Å². The van der Waals surface area contributed by atoms with Gasteiger partial charge in [-0.3, -0.25) is 0 Å². The summed E-state index contributed by atoms with van der Waals surface area (Å²) in [6.07, 6.45) is -3.62. The Morgan fingerprint density at radius 1 is 0.650 bits per heavy atom. The van der Waals surface area contributed by atoms with E-state index in [2.05, 4.69) is 33.9 Å². The van der Waals surface area contributed by atoms with Crippen LogP contribution in [0.4, 0.5) is 0 Å². The largest absolute Gasteiger partial charge is 0.414 e. The van der Waals surface area contributed by atoms with Gasteiger partial charge in [-0.25, -0.2) is 0 Å². The van der Waals surface area contributed by atoms with Gasteiger partial charge < -0.3 is 28.5 Å². The van der Waals surface area contributed by atoms with E-state index < -0.39 is 39.0 Å². The van der Waals surface area contributed by atoms with E-state index in [1.165, 1.54) is 0 Å². The maximum atomic E-state index is 11.3. The Morgan fingerprint density at radius 2 is 1.05 bits per heavy atom. The monoisotopic (exact) mass is 564 g/mol. The molecular weight excluding hydrogens is 520 g/mol. The van der Waals surface area contributed by atoms with Crippen LogP contribution in [0.2, 0.25) is 18.1 Å². The first-order valence-corrected chi connectivity index (χ1v) is 17.0. The van der Waals surface area contributed by atoms with E-state index in [0.717, 1.165) is 16.7 Å². The van der Waals surface area contributed by atoms with Crippen molar-refractivity contribution in [3.8, 4) is 0 Å². The molecule has 3 aromatic carbocycles. The van der Waals surface area contributed by atoms with Gasteiger partial charge in [0.15, 0.2) is 14.6 Å². The van der Waals surface area contributed by atoms with Crippen LogP contribution in [-0.4, -0.2) is 50.7 Å². The zero-order chi connectivity index (χ0) is 28.6. The molecule has 3 aromatic rings. The van der Waals surface area contributed by atoms with E-state index in [0.29, 0.717) is 26.4 Å². The highest BCUT2D eigenvalue weighted by atomic mass is 28.4. The van der Waals surface area contributed by atoms with Crippen molar-refractivity contribution in [1.82, 2.24) is 0 Å². The van der Waals surface area contributed by atoms with Gasteiger partial charge in [0.2, 0.25) is 0 Å². The van der Waals surface area contributed by atoms with Gasteiger partial charge in [0.25, 0.3) is 0 Å². The molecule has 0 spiro atoms. The van der Waals surface area contributed by atoms with Crippen LogP contribution in [0.1, 0.15) is 37.5 Å². The molecule has 0 bridgehead atoms. The molecule has 216 valence electrons. The van der Waals surface area contributed by atoms with Crippen molar-refractivity contribution >= 4 is 8.32 Å². The summed E-state index contributed by atoms with van der Waals surface area (Å²) in [4.78, 5) is 0. The highest BCUT2D eigenvalue weighted by Gasteiger charge is 2.49. The standard InChI is InChI=1S/C33H44O6Si/c1-33(2,3)40(4,5)38-24-28-29(35-21-25-15-9-6-10-16-25)30(36-22-26-17-11-7-12-18-26)31(32(34)39-28)37-23-27-19-13-8-14-20-27/h6-20,28-32,34H,21-24H2,1-5H3/t28-,29-,30+,31+,32+/m1/s1. The molecule has 0 amide bonds. The third-order valence-electron chi connectivity index (χ3n) is 7.88. The number of aliphatic hydroxyl groups excluding tert-OH is 1. The van der Waals surface area contributed by atoms with Crippen molar-refractivity contribution in [1.29, 1.82) is 0 Å². The fourth-order valence-electron chi connectivity index (χ4n) is 4.40. The maximum absolute atomic E-state index is 11.3. The molecule has 1 N–H and O–H groups in total. The second-order valence-electron chi connectivity index (χ2n) is 11.9. The highest BCUT2D eigenvalue weighted by molar-refractivity contribution is 6.74. The minimum absolute atomic E-state index is 0.0330. The van der Waals surface area contributed by atoms with Crippen LogP contribution in [0.15, 0.2) is 91.0 Å². The van der Waals surface area contributed by atoms with Crippen LogP contribution < -0.4 is 0 Å². The molecule has 40 heavy (non-hydrogen) atoms. The Hall–Kier alpha value is -2.36. The van der Waals surface area contributed by atoms with Crippen LogP contribution in [0.5, 0.6) is 0 Å². The topological polar surface area (TPSA) is 66.4 Å². The van der Waals surface area contributed by atoms with Gasteiger partial charge in [0.05, 0.1) is 26.4 Å². The predicted octanol–water partition coefficient (Wildman–Crippen LogP) is 6.48. The number of aliphatic hydroxyl groups is 1. The normalized spacial score (nSPS) is 23.7. The van der Waals surface area contributed by atoms with Crippen LogP contribution in [0, 0.1) is 0 Å². The molecule has 0 unspecified atom stereocenters. The fraction of sp³-hybridized carbons (Fsp3) is 0.455. The van der Waals surface area contributed by atoms with Crippen molar-refractivity contribution < 1.29 is 28.5 Å². The van der Waals surface area contributed by atoms with Crippen molar-refractivity contribution in [2.75, 3.05) is 6.61 Å². The molecule has 0 aliphatic carbocycles. The zero-order valence-corrected chi connectivity index (χ0v) is 25.4. The summed E-state index contributed by atoms with van der Waals surface area (Å²) >= 11 is 0. The summed E-state index contributed by atoms with van der Waals surface area (Å²) in [5.74, 6) is 0. The van der Waals surface area contributed by atoms with Gasteiger partial charge in [0, 0.05) is 0 Å². The van der Waals surface area contributed by atoms with Crippen molar-refractivity contribution in [2.45, 2.75) is 89.4 Å². The second kappa shape index (κ2) is 14.0. The van der Waals surface area contributed by atoms with E-state index in [1.807, 2.05) is 91.0 Å². The van der Waals surface area contributed by atoms with Gasteiger partial charge in [0.1, 0.15) is 24.4 Å². The Bertz CT molecular complexity index is 1140. The molecule has 5 atom stereocenters. The Balaban J connectivity index is 1.60. The first-order valence-electron chi connectivity index (χ1n) is 14.1. The maximum Gasteiger partial charge on any atom is 0.192 e. The molecule has 1 heterocycles. The van der Waals surface area contributed by atoms with E-state index in [9.17, 15) is 5.11 Å². The number of hydrogen-bond donors (Lipinski definition) is 1. The average Bonchev–Trinajstić information content (AvgIpc) is 2.95. The number of benzene rings is 3. The number of rotatable bonds is 12. The Labute approximate surface area is 240 Å². The third-order valence-corrected chi connectivity index (χ3v) is 12.4. The van der Waals surface area contributed by atoms with Gasteiger partial charge in [-0.2, -0.15) is 0 Å². The highest BCUT2D eigenvalue weighted by Crippen LogP contribution is 2.38. The summed E-state index contributed by atoms with van der Waals surface area (Å²) in [6, 6.07) is 29.9. The molecule has 1 aliphatic heterocycles. The molecular formula is C33H44O6Si. The summed E-state index contributed by atoms with van der Waals surface area (Å²) in [6.45, 7) is 12.4. The molecule has 4 rings (SSSR count). The lowest BCUT2D eigenvalue weighted by molar-refractivity contribution is -0.314. The third kappa shape index (κ3) is 8.33. The molecule has 7 heteroatoms.